The summed E-state index contributed by atoms with van der Waals surface area (Å²) >= 11 is 0. The Kier molecular flexibility index (Phi) is 8.10. The number of piperidine rings is 1. The van der Waals surface area contributed by atoms with Crippen molar-refractivity contribution in [2.75, 3.05) is 32.8 Å². The minimum atomic E-state index is 0.423. The summed E-state index contributed by atoms with van der Waals surface area (Å²) in [6, 6.07) is 10.7. The quantitative estimate of drug-likeness (QED) is 0.612. The monoisotopic (exact) mass is 331 g/mol. The third-order valence-electron chi connectivity index (χ3n) is 4.67. The number of ether oxygens (including phenoxy) is 1. The van der Waals surface area contributed by atoms with Crippen molar-refractivity contribution in [2.45, 2.75) is 52.1 Å². The Bertz CT molecular complexity index is 481. The van der Waals surface area contributed by atoms with E-state index in [1.165, 1.54) is 5.56 Å². The van der Waals surface area contributed by atoms with Crippen LogP contribution in [0.3, 0.4) is 0 Å². The molecule has 1 saturated heterocycles. The first-order valence-corrected chi connectivity index (χ1v) is 9.44. The predicted molar refractivity (Wildman–Crippen MR) is 102 cm³/mol. The van der Waals surface area contributed by atoms with Gasteiger partial charge < -0.3 is 15.0 Å². The van der Waals surface area contributed by atoms with Crippen LogP contribution in [0, 0.1) is 0 Å². The molecule has 0 aliphatic carbocycles. The zero-order valence-corrected chi connectivity index (χ0v) is 15.5. The Balaban J connectivity index is 1.84. The van der Waals surface area contributed by atoms with E-state index in [1.807, 2.05) is 0 Å². The lowest BCUT2D eigenvalue weighted by Crippen LogP contribution is -2.47. The van der Waals surface area contributed by atoms with E-state index in [2.05, 4.69) is 61.3 Å². The van der Waals surface area contributed by atoms with Gasteiger partial charge in [-0.1, -0.05) is 37.3 Å². The first-order valence-electron chi connectivity index (χ1n) is 9.44. The minimum Gasteiger partial charge on any atom is -0.378 e. The van der Waals surface area contributed by atoms with Crippen LogP contribution in [0.4, 0.5) is 0 Å². The van der Waals surface area contributed by atoms with Gasteiger partial charge in [-0.05, 0) is 44.6 Å². The van der Waals surface area contributed by atoms with Crippen LogP contribution in [0.15, 0.2) is 35.3 Å². The maximum absolute atomic E-state index is 5.75. The molecule has 1 fully saturated rings. The lowest BCUT2D eigenvalue weighted by molar-refractivity contribution is 0.0264. The van der Waals surface area contributed by atoms with Crippen molar-refractivity contribution in [3.05, 3.63) is 35.9 Å². The SMILES string of the molecule is CCNC(=NCCC(C)c1ccccc1)N1CCC(OCC)CC1. The second-order valence-corrected chi connectivity index (χ2v) is 6.48. The Morgan fingerprint density at radius 3 is 2.58 bits per heavy atom. The summed E-state index contributed by atoms with van der Waals surface area (Å²) in [6.45, 7) is 11.2. The molecule has 134 valence electrons. The molecule has 24 heavy (non-hydrogen) atoms. The Hall–Kier alpha value is -1.55. The summed E-state index contributed by atoms with van der Waals surface area (Å²) in [6.07, 6.45) is 3.69. The van der Waals surface area contributed by atoms with Crippen molar-refractivity contribution < 1.29 is 4.74 Å². The van der Waals surface area contributed by atoms with Gasteiger partial charge in [-0.3, -0.25) is 4.99 Å². The van der Waals surface area contributed by atoms with Crippen molar-refractivity contribution in [3.63, 3.8) is 0 Å². The van der Waals surface area contributed by atoms with Crippen molar-refractivity contribution >= 4 is 5.96 Å². The van der Waals surface area contributed by atoms with Gasteiger partial charge >= 0.3 is 0 Å². The molecule has 1 aromatic rings. The van der Waals surface area contributed by atoms with Crippen molar-refractivity contribution in [2.24, 2.45) is 4.99 Å². The molecule has 0 saturated carbocycles. The molecule has 1 aliphatic rings. The first-order chi connectivity index (χ1) is 11.7. The molecule has 1 unspecified atom stereocenters. The van der Waals surface area contributed by atoms with E-state index in [4.69, 9.17) is 9.73 Å². The zero-order chi connectivity index (χ0) is 17.2. The molecule has 1 N–H and O–H groups in total. The van der Waals surface area contributed by atoms with E-state index in [0.717, 1.165) is 58.0 Å². The van der Waals surface area contributed by atoms with Gasteiger partial charge in [-0.25, -0.2) is 0 Å². The van der Waals surface area contributed by atoms with E-state index in [-0.39, 0.29) is 0 Å². The highest BCUT2D eigenvalue weighted by Gasteiger charge is 2.21. The summed E-state index contributed by atoms with van der Waals surface area (Å²) in [7, 11) is 0. The fraction of sp³-hybridized carbons (Fsp3) is 0.650. The van der Waals surface area contributed by atoms with Gasteiger partial charge in [0.2, 0.25) is 0 Å². The number of rotatable bonds is 7. The maximum Gasteiger partial charge on any atom is 0.193 e. The van der Waals surface area contributed by atoms with Gasteiger partial charge in [-0.15, -0.1) is 0 Å². The smallest absolute Gasteiger partial charge is 0.193 e. The number of guanidine groups is 1. The molecule has 4 heteroatoms. The van der Waals surface area contributed by atoms with Crippen molar-refractivity contribution in [3.8, 4) is 0 Å². The number of benzene rings is 1. The summed E-state index contributed by atoms with van der Waals surface area (Å²) in [5, 5.41) is 3.45. The third-order valence-corrected chi connectivity index (χ3v) is 4.67. The van der Waals surface area contributed by atoms with Crippen LogP contribution in [-0.2, 0) is 4.74 Å². The summed E-state index contributed by atoms with van der Waals surface area (Å²) < 4.78 is 5.75. The van der Waals surface area contributed by atoms with Gasteiger partial charge in [-0.2, -0.15) is 0 Å². The molecular weight excluding hydrogens is 298 g/mol. The second-order valence-electron chi connectivity index (χ2n) is 6.48. The molecule has 0 radical (unpaired) electrons. The number of nitrogens with one attached hydrogen (secondary N) is 1. The van der Waals surface area contributed by atoms with Gasteiger partial charge in [0.25, 0.3) is 0 Å². The third kappa shape index (κ3) is 5.82. The number of aliphatic imine (C=N–C) groups is 1. The largest absolute Gasteiger partial charge is 0.378 e. The normalized spacial score (nSPS) is 17.8. The van der Waals surface area contributed by atoms with E-state index < -0.39 is 0 Å². The summed E-state index contributed by atoms with van der Waals surface area (Å²) in [5.41, 5.74) is 1.40. The van der Waals surface area contributed by atoms with Crippen LogP contribution in [-0.4, -0.2) is 49.7 Å². The predicted octanol–water partition coefficient (Wildman–Crippen LogP) is 3.65. The van der Waals surface area contributed by atoms with Crippen LogP contribution in [0.2, 0.25) is 0 Å². The molecule has 0 bridgehead atoms. The standard InChI is InChI=1S/C20H33N3O/c1-4-21-20(23-15-12-19(13-16-23)24-5-2)22-14-11-17(3)18-9-7-6-8-10-18/h6-10,17,19H,4-5,11-16H2,1-3H3,(H,21,22). The van der Waals surface area contributed by atoms with Crippen LogP contribution in [0.5, 0.6) is 0 Å². The molecular formula is C20H33N3O. The lowest BCUT2D eigenvalue weighted by Gasteiger charge is -2.34. The van der Waals surface area contributed by atoms with Gasteiger partial charge in [0.15, 0.2) is 5.96 Å². The summed E-state index contributed by atoms with van der Waals surface area (Å²) in [5.74, 6) is 1.61. The minimum absolute atomic E-state index is 0.423. The van der Waals surface area contributed by atoms with Crippen LogP contribution in [0.25, 0.3) is 0 Å². The molecule has 0 aromatic heterocycles. The Labute approximate surface area is 147 Å². The highest BCUT2D eigenvalue weighted by atomic mass is 16.5. The van der Waals surface area contributed by atoms with E-state index in [9.17, 15) is 0 Å². The van der Waals surface area contributed by atoms with Crippen molar-refractivity contribution in [1.82, 2.24) is 10.2 Å². The van der Waals surface area contributed by atoms with E-state index in [0.29, 0.717) is 12.0 Å². The summed E-state index contributed by atoms with van der Waals surface area (Å²) in [4.78, 5) is 7.25. The average molecular weight is 332 g/mol. The average Bonchev–Trinajstić information content (AvgIpc) is 2.62. The molecule has 1 aliphatic heterocycles. The first kappa shape index (κ1) is 18.8. The fourth-order valence-corrected chi connectivity index (χ4v) is 3.21. The molecule has 2 rings (SSSR count). The fourth-order valence-electron chi connectivity index (χ4n) is 3.21. The highest BCUT2D eigenvalue weighted by Crippen LogP contribution is 2.18. The van der Waals surface area contributed by atoms with Crippen molar-refractivity contribution in [1.29, 1.82) is 0 Å². The molecule has 1 atom stereocenters. The molecule has 4 nitrogen and oxygen atoms in total. The van der Waals surface area contributed by atoms with Crippen LogP contribution >= 0.6 is 0 Å². The Morgan fingerprint density at radius 1 is 1.25 bits per heavy atom. The van der Waals surface area contributed by atoms with Crippen LogP contribution < -0.4 is 5.32 Å². The molecule has 0 spiro atoms. The highest BCUT2D eigenvalue weighted by molar-refractivity contribution is 5.80. The number of likely N-dealkylation sites (tertiary alicyclic amines) is 1. The van der Waals surface area contributed by atoms with Gasteiger partial charge in [0.1, 0.15) is 0 Å². The molecule has 0 amide bonds. The maximum atomic E-state index is 5.75. The van der Waals surface area contributed by atoms with Gasteiger partial charge in [0, 0.05) is 32.8 Å². The van der Waals surface area contributed by atoms with E-state index >= 15 is 0 Å². The Morgan fingerprint density at radius 2 is 1.96 bits per heavy atom. The number of nitrogens with zero attached hydrogens (tertiary/aromatic N) is 2. The lowest BCUT2D eigenvalue weighted by atomic mass is 9.98. The van der Waals surface area contributed by atoms with Gasteiger partial charge in [0.05, 0.1) is 6.10 Å². The number of hydrogen-bond acceptors (Lipinski definition) is 2. The topological polar surface area (TPSA) is 36.9 Å². The molecule has 1 aromatic carbocycles. The second kappa shape index (κ2) is 10.3. The number of hydrogen-bond donors (Lipinski definition) is 1. The van der Waals surface area contributed by atoms with Crippen LogP contribution in [0.1, 0.15) is 51.5 Å². The zero-order valence-electron chi connectivity index (χ0n) is 15.5. The molecule has 1 heterocycles. The van der Waals surface area contributed by atoms with E-state index in [1.54, 1.807) is 0 Å².